The fourth-order valence-corrected chi connectivity index (χ4v) is 2.98. The van der Waals surface area contributed by atoms with Crippen molar-refractivity contribution in [1.82, 2.24) is 24.7 Å². The lowest BCUT2D eigenvalue weighted by atomic mass is 10.2. The van der Waals surface area contributed by atoms with Gasteiger partial charge in [-0.25, -0.2) is 32.8 Å². The van der Waals surface area contributed by atoms with Crippen molar-refractivity contribution in [2.75, 3.05) is 5.32 Å². The monoisotopic (exact) mass is 415 g/mol. The van der Waals surface area contributed by atoms with Gasteiger partial charge < -0.3 is 5.32 Å². The maximum absolute atomic E-state index is 14.5. The number of halogens is 4. The van der Waals surface area contributed by atoms with E-state index < -0.39 is 17.9 Å². The Balaban J connectivity index is 1.76. The quantitative estimate of drug-likeness (QED) is 0.525. The molecule has 29 heavy (non-hydrogen) atoms. The summed E-state index contributed by atoms with van der Waals surface area (Å²) in [6.45, 7) is 0. The van der Waals surface area contributed by atoms with Crippen LogP contribution >= 0.6 is 11.6 Å². The van der Waals surface area contributed by atoms with Crippen molar-refractivity contribution in [1.29, 1.82) is 5.26 Å². The lowest BCUT2D eigenvalue weighted by molar-refractivity contribution is 0.146. The van der Waals surface area contributed by atoms with Gasteiger partial charge in [-0.05, 0) is 12.1 Å². The van der Waals surface area contributed by atoms with Crippen LogP contribution in [0.25, 0.3) is 16.6 Å². The molecule has 1 N–H and O–H groups in total. The predicted octanol–water partition coefficient (Wildman–Crippen LogP) is 4.56. The number of nitrogens with one attached hydrogen (secondary N) is 1. The molecule has 7 nitrogen and oxygen atoms in total. The highest BCUT2D eigenvalue weighted by molar-refractivity contribution is 6.32. The zero-order chi connectivity index (χ0) is 20.5. The summed E-state index contributed by atoms with van der Waals surface area (Å²) in [7, 11) is 0. The van der Waals surface area contributed by atoms with Crippen LogP contribution < -0.4 is 5.32 Å². The summed E-state index contributed by atoms with van der Waals surface area (Å²) in [6, 6.07) is 6.86. The van der Waals surface area contributed by atoms with Crippen LogP contribution in [-0.4, -0.2) is 24.7 Å². The van der Waals surface area contributed by atoms with E-state index in [0.717, 1.165) is 18.5 Å². The van der Waals surface area contributed by atoms with Crippen LogP contribution in [0, 0.1) is 17.1 Å². The van der Waals surface area contributed by atoms with E-state index in [9.17, 15) is 13.2 Å². The van der Waals surface area contributed by atoms with Crippen molar-refractivity contribution in [3.8, 4) is 11.8 Å². The van der Waals surface area contributed by atoms with Crippen LogP contribution in [0.2, 0.25) is 5.02 Å². The summed E-state index contributed by atoms with van der Waals surface area (Å²) in [4.78, 5) is 11.6. The minimum absolute atomic E-state index is 0.00949. The largest absolute Gasteiger partial charge is 0.325 e. The molecule has 0 aliphatic rings. The second-order valence-corrected chi connectivity index (χ2v) is 6.25. The SMILES string of the molecule is N#Cc1cc(F)c(-n2ncc3cnc(Nc4cc(C(F)F)ncn4)cc32)c(Cl)c1. The number of aromatic nitrogens is 5. The Bertz CT molecular complexity index is 1240. The maximum Gasteiger partial charge on any atom is 0.280 e. The topological polar surface area (TPSA) is 92.3 Å². The second-order valence-electron chi connectivity index (χ2n) is 5.84. The van der Waals surface area contributed by atoms with Crippen molar-refractivity contribution in [2.24, 2.45) is 0 Å². The third-order valence-electron chi connectivity index (χ3n) is 3.98. The average Bonchev–Trinajstić information content (AvgIpc) is 3.10. The minimum Gasteiger partial charge on any atom is -0.325 e. The minimum atomic E-state index is -2.74. The maximum atomic E-state index is 14.5. The van der Waals surface area contributed by atoms with Gasteiger partial charge in [0.15, 0.2) is 5.82 Å². The van der Waals surface area contributed by atoms with E-state index in [-0.39, 0.29) is 27.9 Å². The van der Waals surface area contributed by atoms with E-state index in [4.69, 9.17) is 16.9 Å². The highest BCUT2D eigenvalue weighted by atomic mass is 35.5. The number of pyridine rings is 1. The van der Waals surface area contributed by atoms with Gasteiger partial charge in [-0.15, -0.1) is 0 Å². The number of fused-ring (bicyclic) bond motifs is 1. The van der Waals surface area contributed by atoms with Crippen molar-refractivity contribution in [3.63, 3.8) is 0 Å². The lowest BCUT2D eigenvalue weighted by Gasteiger charge is -2.10. The first kappa shape index (κ1) is 18.6. The number of alkyl halides is 2. The van der Waals surface area contributed by atoms with Crippen molar-refractivity contribution in [2.45, 2.75) is 6.43 Å². The van der Waals surface area contributed by atoms with Crippen molar-refractivity contribution < 1.29 is 13.2 Å². The molecule has 0 bridgehead atoms. The molecule has 3 aromatic heterocycles. The molecule has 11 heteroatoms. The first-order valence-electron chi connectivity index (χ1n) is 8.06. The number of benzene rings is 1. The molecule has 0 spiro atoms. The number of rotatable bonds is 4. The lowest BCUT2D eigenvalue weighted by Crippen LogP contribution is -2.03. The first-order valence-corrected chi connectivity index (χ1v) is 8.44. The second kappa shape index (κ2) is 7.37. The highest BCUT2D eigenvalue weighted by Gasteiger charge is 2.16. The molecule has 0 atom stereocenters. The third-order valence-corrected chi connectivity index (χ3v) is 4.27. The van der Waals surface area contributed by atoms with E-state index in [1.165, 1.54) is 23.1 Å². The fourth-order valence-electron chi connectivity index (χ4n) is 2.69. The molecule has 0 radical (unpaired) electrons. The average molecular weight is 416 g/mol. The Morgan fingerprint density at radius 1 is 1.07 bits per heavy atom. The molecular formula is C18H9ClF3N7. The van der Waals surface area contributed by atoms with E-state index in [2.05, 4.69) is 25.4 Å². The number of hydrogen-bond acceptors (Lipinski definition) is 6. The van der Waals surface area contributed by atoms with Gasteiger partial charge in [0, 0.05) is 23.7 Å². The summed E-state index contributed by atoms with van der Waals surface area (Å²) < 4.78 is 41.4. The van der Waals surface area contributed by atoms with Gasteiger partial charge in [-0.3, -0.25) is 0 Å². The number of anilines is 2. The fraction of sp³-hybridized carbons (Fsp3) is 0.0556. The standard InChI is InChI=1S/C18H9ClF3N7/c19-11-1-9(5-23)2-12(20)17(11)29-14-4-16(24-6-10(14)7-27-29)28-15-3-13(18(21)22)25-8-26-15/h1-4,6-8,18H,(H,24,25,26,28). The molecule has 1 aromatic carbocycles. The van der Waals surface area contributed by atoms with E-state index >= 15 is 0 Å². The predicted molar refractivity (Wildman–Crippen MR) is 98.8 cm³/mol. The van der Waals surface area contributed by atoms with E-state index in [1.54, 1.807) is 6.07 Å². The Morgan fingerprint density at radius 2 is 1.86 bits per heavy atom. The molecule has 144 valence electrons. The van der Waals surface area contributed by atoms with Crippen LogP contribution in [0.4, 0.5) is 24.8 Å². The van der Waals surface area contributed by atoms with Crippen molar-refractivity contribution >= 4 is 34.1 Å². The van der Waals surface area contributed by atoms with Crippen molar-refractivity contribution in [3.05, 3.63) is 65.1 Å². The van der Waals surface area contributed by atoms with E-state index in [1.807, 2.05) is 6.07 Å². The van der Waals surface area contributed by atoms with Crippen LogP contribution in [0.15, 0.2) is 43.0 Å². The van der Waals surface area contributed by atoms with Gasteiger partial charge in [0.05, 0.1) is 28.4 Å². The summed E-state index contributed by atoms with van der Waals surface area (Å²) in [6.07, 6.45) is 1.22. The Hall–Kier alpha value is -3.71. The molecule has 3 heterocycles. The highest BCUT2D eigenvalue weighted by Crippen LogP contribution is 2.29. The van der Waals surface area contributed by atoms with Crippen LogP contribution in [-0.2, 0) is 0 Å². The molecule has 0 saturated carbocycles. The van der Waals surface area contributed by atoms with Gasteiger partial charge in [-0.1, -0.05) is 11.6 Å². The van der Waals surface area contributed by atoms with Gasteiger partial charge in [-0.2, -0.15) is 10.4 Å². The van der Waals surface area contributed by atoms with Crippen LogP contribution in [0.5, 0.6) is 0 Å². The Morgan fingerprint density at radius 3 is 2.59 bits per heavy atom. The smallest absolute Gasteiger partial charge is 0.280 e. The number of nitrogens with zero attached hydrogens (tertiary/aromatic N) is 6. The number of nitriles is 1. The van der Waals surface area contributed by atoms with Gasteiger partial charge in [0.25, 0.3) is 6.43 Å². The summed E-state index contributed by atoms with van der Waals surface area (Å²) in [5.74, 6) is -0.332. The van der Waals surface area contributed by atoms with Gasteiger partial charge in [0.1, 0.15) is 29.3 Å². The van der Waals surface area contributed by atoms with Crippen LogP contribution in [0.1, 0.15) is 17.7 Å². The molecule has 0 aliphatic carbocycles. The summed E-state index contributed by atoms with van der Waals surface area (Å²) in [5.41, 5.74) is 0.0753. The summed E-state index contributed by atoms with van der Waals surface area (Å²) in [5, 5.41) is 16.5. The Labute approximate surface area is 166 Å². The third kappa shape index (κ3) is 3.55. The molecule has 0 amide bonds. The zero-order valence-corrected chi connectivity index (χ0v) is 15.1. The van der Waals surface area contributed by atoms with Gasteiger partial charge in [0.2, 0.25) is 0 Å². The number of hydrogen-bond donors (Lipinski definition) is 1. The normalized spacial score (nSPS) is 11.0. The van der Waals surface area contributed by atoms with Gasteiger partial charge >= 0.3 is 0 Å². The van der Waals surface area contributed by atoms with E-state index in [0.29, 0.717) is 10.9 Å². The first-order chi connectivity index (χ1) is 14.0. The molecule has 0 saturated heterocycles. The molecule has 4 rings (SSSR count). The molecule has 0 fully saturated rings. The summed E-state index contributed by atoms with van der Waals surface area (Å²) >= 11 is 6.15. The molecule has 0 unspecified atom stereocenters. The molecule has 4 aromatic rings. The zero-order valence-electron chi connectivity index (χ0n) is 14.3. The molecular weight excluding hydrogens is 407 g/mol. The molecule has 0 aliphatic heterocycles. The van der Waals surface area contributed by atoms with Crippen LogP contribution in [0.3, 0.4) is 0 Å². The Kier molecular flexibility index (Phi) is 4.74.